The third-order valence-electron chi connectivity index (χ3n) is 5.21. The number of nitrogens with one attached hydrogen (secondary N) is 1. The van der Waals surface area contributed by atoms with Gasteiger partial charge in [-0.05, 0) is 44.4 Å². The van der Waals surface area contributed by atoms with Crippen LogP contribution in [0.5, 0.6) is 0 Å². The molecule has 0 spiro atoms. The molecule has 4 aromatic rings. The summed E-state index contributed by atoms with van der Waals surface area (Å²) < 4.78 is 0. The number of aromatic nitrogens is 4. The highest BCUT2D eigenvalue weighted by atomic mass is 16.2. The molecule has 0 fully saturated rings. The van der Waals surface area contributed by atoms with Gasteiger partial charge in [0, 0.05) is 16.5 Å². The second kappa shape index (κ2) is 9.43. The van der Waals surface area contributed by atoms with Crippen LogP contribution in [0.2, 0.25) is 0 Å². The number of fused-ring (bicyclic) bond motifs is 1. The highest BCUT2D eigenvalue weighted by Crippen LogP contribution is 2.27. The van der Waals surface area contributed by atoms with Crippen LogP contribution in [0.25, 0.3) is 22.2 Å². The summed E-state index contributed by atoms with van der Waals surface area (Å²) in [4.78, 5) is 29.0. The van der Waals surface area contributed by atoms with Crippen LogP contribution in [0.15, 0.2) is 66.7 Å². The number of carbonyl (C=O) groups excluding carboxylic acids is 2. The van der Waals surface area contributed by atoms with Crippen LogP contribution in [0, 0.1) is 6.92 Å². The van der Waals surface area contributed by atoms with E-state index in [0.717, 1.165) is 21.9 Å². The van der Waals surface area contributed by atoms with Crippen molar-refractivity contribution < 1.29 is 9.59 Å². The van der Waals surface area contributed by atoms with Gasteiger partial charge in [-0.3, -0.25) is 9.59 Å². The van der Waals surface area contributed by atoms with Crippen LogP contribution in [0.1, 0.15) is 26.3 Å². The molecule has 3 aromatic carbocycles. The molecular weight excluding hydrogens is 428 g/mol. The van der Waals surface area contributed by atoms with Crippen molar-refractivity contribution in [2.75, 3.05) is 11.4 Å². The summed E-state index contributed by atoms with van der Waals surface area (Å²) in [6.45, 7) is 7.45. The van der Waals surface area contributed by atoms with Gasteiger partial charge in [0.2, 0.25) is 11.7 Å². The first-order valence-electron chi connectivity index (χ1n) is 11.1. The fourth-order valence-electron chi connectivity index (χ4n) is 3.69. The van der Waals surface area contributed by atoms with Crippen molar-refractivity contribution in [3.8, 4) is 11.4 Å². The molecule has 4 rings (SSSR count). The van der Waals surface area contributed by atoms with Crippen molar-refractivity contribution in [2.45, 2.75) is 39.8 Å². The van der Waals surface area contributed by atoms with E-state index in [1.807, 2.05) is 94.4 Å². The maximum absolute atomic E-state index is 13.5. The summed E-state index contributed by atoms with van der Waals surface area (Å²) in [5, 5.41) is 17.3. The molecule has 0 saturated heterocycles. The van der Waals surface area contributed by atoms with Gasteiger partial charge in [-0.2, -0.15) is 4.80 Å². The highest BCUT2D eigenvalue weighted by molar-refractivity contribution is 6.06. The Kier molecular flexibility index (Phi) is 6.40. The van der Waals surface area contributed by atoms with Crippen LogP contribution in [0.4, 0.5) is 5.69 Å². The zero-order valence-corrected chi connectivity index (χ0v) is 19.8. The highest BCUT2D eigenvalue weighted by Gasteiger charge is 2.24. The van der Waals surface area contributed by atoms with Gasteiger partial charge in [0.25, 0.3) is 5.91 Å². The molecule has 0 bridgehead atoms. The molecule has 1 aromatic heterocycles. The lowest BCUT2D eigenvalue weighted by molar-refractivity contribution is -0.125. The van der Waals surface area contributed by atoms with Gasteiger partial charge in [-0.25, -0.2) is 0 Å². The summed E-state index contributed by atoms with van der Waals surface area (Å²) in [5.41, 5.74) is 2.19. The zero-order chi connectivity index (χ0) is 24.3. The first kappa shape index (κ1) is 23.1. The van der Waals surface area contributed by atoms with E-state index in [4.69, 9.17) is 0 Å². The molecule has 0 aliphatic carbocycles. The van der Waals surface area contributed by atoms with Gasteiger partial charge in [-0.1, -0.05) is 66.2 Å². The molecule has 0 saturated carbocycles. The van der Waals surface area contributed by atoms with Gasteiger partial charge < -0.3 is 10.2 Å². The number of anilines is 1. The number of hydrogen-bond acceptors (Lipinski definition) is 5. The smallest absolute Gasteiger partial charge is 0.251 e. The molecule has 0 unspecified atom stereocenters. The minimum absolute atomic E-state index is 0.121. The Morgan fingerprint density at radius 2 is 1.68 bits per heavy atom. The van der Waals surface area contributed by atoms with Crippen LogP contribution in [-0.2, 0) is 16.1 Å². The summed E-state index contributed by atoms with van der Waals surface area (Å²) >= 11 is 0. The Bertz CT molecular complexity index is 1320. The summed E-state index contributed by atoms with van der Waals surface area (Å²) in [6.07, 6.45) is 0. The average molecular weight is 457 g/mol. The molecule has 0 aliphatic heterocycles. The average Bonchev–Trinajstić information content (AvgIpc) is 3.25. The molecular formula is C26H28N6O2. The van der Waals surface area contributed by atoms with Crippen molar-refractivity contribution in [3.63, 3.8) is 0 Å². The summed E-state index contributed by atoms with van der Waals surface area (Å²) in [6, 6.07) is 21.2. The van der Waals surface area contributed by atoms with Gasteiger partial charge in [0.05, 0.1) is 5.69 Å². The lowest BCUT2D eigenvalue weighted by atomic mass is 10.1. The number of nitrogens with zero attached hydrogens (tertiary/aromatic N) is 5. The maximum atomic E-state index is 13.5. The third-order valence-corrected chi connectivity index (χ3v) is 5.21. The molecule has 0 radical (unpaired) electrons. The molecule has 0 atom stereocenters. The quantitative estimate of drug-likeness (QED) is 0.477. The van der Waals surface area contributed by atoms with Crippen molar-refractivity contribution in [1.82, 2.24) is 25.5 Å². The predicted octanol–water partition coefficient (Wildman–Crippen LogP) is 3.75. The number of amides is 2. The minimum atomic E-state index is -0.416. The van der Waals surface area contributed by atoms with Crippen LogP contribution < -0.4 is 10.2 Å². The topological polar surface area (TPSA) is 93.0 Å². The maximum Gasteiger partial charge on any atom is 0.251 e. The molecule has 8 heteroatoms. The van der Waals surface area contributed by atoms with Crippen molar-refractivity contribution >= 4 is 28.3 Å². The number of benzene rings is 3. The van der Waals surface area contributed by atoms with E-state index in [9.17, 15) is 9.59 Å². The van der Waals surface area contributed by atoms with Gasteiger partial charge in [0.1, 0.15) is 13.1 Å². The largest absolute Gasteiger partial charge is 0.350 e. The number of tetrazole rings is 1. The van der Waals surface area contributed by atoms with Gasteiger partial charge >= 0.3 is 0 Å². The normalized spacial score (nSPS) is 11.4. The molecule has 1 N–H and O–H groups in total. The number of hydrogen-bond donors (Lipinski definition) is 1. The summed E-state index contributed by atoms with van der Waals surface area (Å²) in [7, 11) is 0. The second-order valence-corrected chi connectivity index (χ2v) is 9.29. The fraction of sp³-hybridized carbons (Fsp3) is 0.269. The SMILES string of the molecule is Cc1ccc(-c2nnn(CC(=O)N(CC(=O)NC(C)(C)C)c3cccc4ccccc34)n2)cc1. The first-order valence-corrected chi connectivity index (χ1v) is 11.1. The van der Waals surface area contributed by atoms with Crippen LogP contribution >= 0.6 is 0 Å². The Labute approximate surface area is 198 Å². The monoisotopic (exact) mass is 456 g/mol. The zero-order valence-electron chi connectivity index (χ0n) is 19.8. The van der Waals surface area contributed by atoms with Crippen molar-refractivity contribution in [1.29, 1.82) is 0 Å². The van der Waals surface area contributed by atoms with E-state index in [2.05, 4.69) is 20.7 Å². The Morgan fingerprint density at radius 1 is 0.971 bits per heavy atom. The Hall–Kier alpha value is -4.07. The summed E-state index contributed by atoms with van der Waals surface area (Å²) in [5.74, 6) is -0.121. The molecule has 0 aliphatic rings. The fourth-order valence-corrected chi connectivity index (χ4v) is 3.69. The van der Waals surface area contributed by atoms with E-state index in [1.165, 1.54) is 9.70 Å². The first-order chi connectivity index (χ1) is 16.2. The molecule has 34 heavy (non-hydrogen) atoms. The van der Waals surface area contributed by atoms with Crippen LogP contribution in [-0.4, -0.2) is 44.1 Å². The second-order valence-electron chi connectivity index (χ2n) is 9.29. The number of aryl methyl sites for hydroxylation is 1. The van der Waals surface area contributed by atoms with E-state index in [-0.39, 0.29) is 24.9 Å². The molecule has 8 nitrogen and oxygen atoms in total. The van der Waals surface area contributed by atoms with Crippen molar-refractivity contribution in [2.24, 2.45) is 0 Å². The van der Waals surface area contributed by atoms with Crippen LogP contribution in [0.3, 0.4) is 0 Å². The van der Waals surface area contributed by atoms with Gasteiger partial charge in [-0.15, -0.1) is 10.2 Å². The van der Waals surface area contributed by atoms with E-state index in [0.29, 0.717) is 11.5 Å². The molecule has 174 valence electrons. The Balaban J connectivity index is 1.63. The third kappa shape index (κ3) is 5.46. The standard InChI is InChI=1S/C26H28N6O2/c1-18-12-14-20(15-13-18)25-28-30-32(29-25)17-24(34)31(16-23(33)27-26(2,3)4)22-11-7-9-19-8-5-6-10-21(19)22/h5-15H,16-17H2,1-4H3,(H,27,33). The lowest BCUT2D eigenvalue weighted by Gasteiger charge is -2.26. The predicted molar refractivity (Wildman–Crippen MR) is 132 cm³/mol. The van der Waals surface area contributed by atoms with E-state index < -0.39 is 5.54 Å². The molecule has 1 heterocycles. The number of carbonyl (C=O) groups is 2. The molecule has 2 amide bonds. The van der Waals surface area contributed by atoms with Crippen molar-refractivity contribution in [3.05, 3.63) is 72.3 Å². The Morgan fingerprint density at radius 3 is 2.41 bits per heavy atom. The van der Waals surface area contributed by atoms with Gasteiger partial charge in [0.15, 0.2) is 0 Å². The minimum Gasteiger partial charge on any atom is -0.350 e. The lowest BCUT2D eigenvalue weighted by Crippen LogP contribution is -2.48. The van der Waals surface area contributed by atoms with E-state index >= 15 is 0 Å². The number of rotatable bonds is 6. The van der Waals surface area contributed by atoms with E-state index in [1.54, 1.807) is 0 Å².